The van der Waals surface area contributed by atoms with Crippen LogP contribution in [-0.4, -0.2) is 48.3 Å². The first-order valence-corrected chi connectivity index (χ1v) is 13.2. The van der Waals surface area contributed by atoms with Gasteiger partial charge in [0.2, 0.25) is 15.2 Å². The molecule has 0 amide bonds. The van der Waals surface area contributed by atoms with Crippen LogP contribution in [0.15, 0.2) is 41.3 Å². The van der Waals surface area contributed by atoms with Crippen LogP contribution < -0.4 is 4.90 Å². The summed E-state index contributed by atoms with van der Waals surface area (Å²) >= 11 is 1.40. The van der Waals surface area contributed by atoms with E-state index in [1.165, 1.54) is 22.7 Å². The summed E-state index contributed by atoms with van der Waals surface area (Å²) in [5.41, 5.74) is 5.14. The van der Waals surface area contributed by atoms with E-state index in [1.807, 2.05) is 32.9 Å². The van der Waals surface area contributed by atoms with Crippen LogP contribution in [0.3, 0.4) is 0 Å². The van der Waals surface area contributed by atoms with Gasteiger partial charge in [-0.2, -0.15) is 8.68 Å². The van der Waals surface area contributed by atoms with E-state index in [0.717, 1.165) is 40.6 Å². The van der Waals surface area contributed by atoms with Gasteiger partial charge in [0, 0.05) is 44.1 Å². The SMILES string of the molecule is Cc1ccc(Cc2nsc(N3CCCN(S(=O)(=O)c4c(C)cc(C)cc4C)CC3)n2)cc1. The fourth-order valence-electron chi connectivity index (χ4n) is 4.36. The summed E-state index contributed by atoms with van der Waals surface area (Å²) in [6, 6.07) is 12.3. The zero-order valence-corrected chi connectivity index (χ0v) is 20.8. The predicted molar refractivity (Wildman–Crippen MR) is 130 cm³/mol. The van der Waals surface area contributed by atoms with Crippen molar-refractivity contribution in [3.63, 3.8) is 0 Å². The highest BCUT2D eigenvalue weighted by Gasteiger charge is 2.30. The fourth-order valence-corrected chi connectivity index (χ4v) is 6.98. The maximum Gasteiger partial charge on any atom is 0.243 e. The molecule has 1 saturated heterocycles. The summed E-state index contributed by atoms with van der Waals surface area (Å²) in [6.45, 7) is 10.2. The standard InChI is InChI=1S/C24H30N4O2S2/c1-17-6-8-21(9-7-17)16-22-25-24(31-26-22)27-10-5-11-28(13-12-27)32(29,30)23-19(3)14-18(2)15-20(23)4/h6-9,14-15H,5,10-13,16H2,1-4H3. The van der Waals surface area contributed by atoms with Crippen molar-refractivity contribution < 1.29 is 8.42 Å². The van der Waals surface area contributed by atoms with Gasteiger partial charge < -0.3 is 4.90 Å². The molecule has 0 radical (unpaired) electrons. The molecule has 2 aromatic carbocycles. The molecule has 6 nitrogen and oxygen atoms in total. The molecule has 32 heavy (non-hydrogen) atoms. The Morgan fingerprint density at radius 3 is 2.28 bits per heavy atom. The first-order valence-electron chi connectivity index (χ1n) is 10.9. The number of anilines is 1. The van der Waals surface area contributed by atoms with Crippen molar-refractivity contribution in [2.45, 2.75) is 45.4 Å². The van der Waals surface area contributed by atoms with Gasteiger partial charge in [-0.3, -0.25) is 0 Å². The second kappa shape index (κ2) is 9.29. The third-order valence-corrected chi connectivity index (χ3v) is 8.89. The zero-order chi connectivity index (χ0) is 22.9. The van der Waals surface area contributed by atoms with Crippen LogP contribution >= 0.6 is 11.5 Å². The van der Waals surface area contributed by atoms with Gasteiger partial charge in [0.15, 0.2) is 0 Å². The van der Waals surface area contributed by atoms with Gasteiger partial charge in [-0.1, -0.05) is 47.5 Å². The van der Waals surface area contributed by atoms with E-state index < -0.39 is 10.0 Å². The average Bonchev–Trinajstić information content (AvgIpc) is 3.02. The Morgan fingerprint density at radius 2 is 1.59 bits per heavy atom. The highest BCUT2D eigenvalue weighted by Crippen LogP contribution is 2.27. The number of benzene rings is 2. The Kier molecular flexibility index (Phi) is 6.65. The third kappa shape index (κ3) is 4.87. The van der Waals surface area contributed by atoms with Crippen LogP contribution in [0, 0.1) is 27.7 Å². The molecule has 1 fully saturated rings. The van der Waals surface area contributed by atoms with Crippen LogP contribution in [0.25, 0.3) is 0 Å². The van der Waals surface area contributed by atoms with E-state index in [2.05, 4.69) is 40.5 Å². The van der Waals surface area contributed by atoms with Crippen molar-refractivity contribution in [2.24, 2.45) is 0 Å². The molecular formula is C24H30N4O2S2. The predicted octanol–water partition coefficient (Wildman–Crippen LogP) is 4.26. The zero-order valence-electron chi connectivity index (χ0n) is 19.1. The topological polar surface area (TPSA) is 66.4 Å². The molecule has 0 saturated carbocycles. The minimum Gasteiger partial charge on any atom is -0.345 e. The van der Waals surface area contributed by atoms with Crippen LogP contribution in [0.5, 0.6) is 0 Å². The van der Waals surface area contributed by atoms with E-state index in [4.69, 9.17) is 4.98 Å². The largest absolute Gasteiger partial charge is 0.345 e. The molecule has 170 valence electrons. The Morgan fingerprint density at radius 1 is 0.906 bits per heavy atom. The van der Waals surface area contributed by atoms with Crippen molar-refractivity contribution in [3.05, 3.63) is 70.0 Å². The molecule has 0 bridgehead atoms. The molecule has 1 aromatic heterocycles. The molecule has 0 N–H and O–H groups in total. The van der Waals surface area contributed by atoms with Crippen molar-refractivity contribution in [3.8, 4) is 0 Å². The van der Waals surface area contributed by atoms with Crippen molar-refractivity contribution in [1.82, 2.24) is 13.7 Å². The summed E-state index contributed by atoms with van der Waals surface area (Å²) < 4.78 is 33.1. The van der Waals surface area contributed by atoms with E-state index in [9.17, 15) is 8.42 Å². The quantitative estimate of drug-likeness (QED) is 0.557. The molecule has 1 aliphatic rings. The second-order valence-corrected chi connectivity index (χ2v) is 11.2. The van der Waals surface area contributed by atoms with Gasteiger partial charge in [-0.25, -0.2) is 13.4 Å². The molecular weight excluding hydrogens is 440 g/mol. The summed E-state index contributed by atoms with van der Waals surface area (Å²) in [7, 11) is -3.53. The van der Waals surface area contributed by atoms with Gasteiger partial charge >= 0.3 is 0 Å². The summed E-state index contributed by atoms with van der Waals surface area (Å²) in [5.74, 6) is 0.813. The Bertz CT molecular complexity index is 1180. The molecule has 0 unspecified atom stereocenters. The summed E-state index contributed by atoms with van der Waals surface area (Å²) in [6.07, 6.45) is 1.47. The number of hydrogen-bond acceptors (Lipinski definition) is 6. The van der Waals surface area contributed by atoms with Crippen LogP contribution in [-0.2, 0) is 16.4 Å². The highest BCUT2D eigenvalue weighted by molar-refractivity contribution is 7.89. The lowest BCUT2D eigenvalue weighted by atomic mass is 10.1. The minimum atomic E-state index is -3.53. The lowest BCUT2D eigenvalue weighted by molar-refractivity contribution is 0.432. The minimum absolute atomic E-state index is 0.446. The smallest absolute Gasteiger partial charge is 0.243 e. The van der Waals surface area contributed by atoms with Gasteiger partial charge in [0.05, 0.1) is 4.90 Å². The van der Waals surface area contributed by atoms with Crippen LogP contribution in [0.4, 0.5) is 5.13 Å². The second-order valence-electron chi connectivity index (χ2n) is 8.63. The van der Waals surface area contributed by atoms with Gasteiger partial charge in [0.1, 0.15) is 5.82 Å². The molecule has 2 heterocycles. The highest BCUT2D eigenvalue weighted by atomic mass is 32.2. The Balaban J connectivity index is 1.47. The van der Waals surface area contributed by atoms with Gasteiger partial charge in [-0.15, -0.1) is 0 Å². The third-order valence-electron chi connectivity index (χ3n) is 5.87. The molecule has 1 aliphatic heterocycles. The summed E-state index contributed by atoms with van der Waals surface area (Å²) in [5, 5.41) is 0.869. The van der Waals surface area contributed by atoms with E-state index in [-0.39, 0.29) is 0 Å². The number of nitrogens with zero attached hydrogens (tertiary/aromatic N) is 4. The fraction of sp³-hybridized carbons (Fsp3) is 0.417. The van der Waals surface area contributed by atoms with Crippen molar-refractivity contribution in [1.29, 1.82) is 0 Å². The maximum atomic E-state index is 13.4. The number of aromatic nitrogens is 2. The Hall–Kier alpha value is -2.29. The number of rotatable bonds is 5. The lowest BCUT2D eigenvalue weighted by Gasteiger charge is -2.23. The van der Waals surface area contributed by atoms with E-state index in [0.29, 0.717) is 31.0 Å². The van der Waals surface area contributed by atoms with Gasteiger partial charge in [-0.05, 0) is 50.8 Å². The molecule has 0 atom stereocenters. The molecule has 8 heteroatoms. The van der Waals surface area contributed by atoms with E-state index in [1.54, 1.807) is 4.31 Å². The molecule has 0 spiro atoms. The lowest BCUT2D eigenvalue weighted by Crippen LogP contribution is -2.36. The molecule has 0 aliphatic carbocycles. The molecule has 4 rings (SSSR count). The number of hydrogen-bond donors (Lipinski definition) is 0. The van der Waals surface area contributed by atoms with Gasteiger partial charge in [0.25, 0.3) is 0 Å². The monoisotopic (exact) mass is 470 g/mol. The van der Waals surface area contributed by atoms with E-state index >= 15 is 0 Å². The molecule has 3 aromatic rings. The first-order chi connectivity index (χ1) is 15.2. The van der Waals surface area contributed by atoms with Crippen LogP contribution in [0.1, 0.15) is 40.1 Å². The number of sulfonamides is 1. The Labute approximate surface area is 195 Å². The maximum absolute atomic E-state index is 13.4. The van der Waals surface area contributed by atoms with Crippen LogP contribution in [0.2, 0.25) is 0 Å². The summed E-state index contributed by atoms with van der Waals surface area (Å²) in [4.78, 5) is 7.36. The first kappa shape index (κ1) is 22.9. The normalized spacial score (nSPS) is 15.7. The number of aryl methyl sites for hydroxylation is 4. The average molecular weight is 471 g/mol. The van der Waals surface area contributed by atoms with Crippen molar-refractivity contribution in [2.75, 3.05) is 31.1 Å². The van der Waals surface area contributed by atoms with Crippen molar-refractivity contribution >= 4 is 26.7 Å².